The molecule has 21 heavy (non-hydrogen) atoms. The third kappa shape index (κ3) is 3.46. The number of halogens is 3. The van der Waals surface area contributed by atoms with Crippen molar-refractivity contribution in [2.75, 3.05) is 26.2 Å². The molecule has 0 radical (unpaired) electrons. The zero-order valence-electron chi connectivity index (χ0n) is 11.1. The van der Waals surface area contributed by atoms with Crippen LogP contribution in [-0.4, -0.2) is 49.7 Å². The maximum Gasteiger partial charge on any atom is 0.244 e. The fourth-order valence-electron chi connectivity index (χ4n) is 2.08. The third-order valence-corrected chi connectivity index (χ3v) is 6.36. The molecule has 0 N–H and O–H groups in total. The SMILES string of the molecule is CC(=O)N1CCN(S(=O)(=O)c2cc(Cl)c(Cl)cc2Cl)CC1. The quantitative estimate of drug-likeness (QED) is 0.751. The maximum absolute atomic E-state index is 12.6. The summed E-state index contributed by atoms with van der Waals surface area (Å²) in [6.07, 6.45) is 0. The average Bonchev–Trinajstić information content (AvgIpc) is 2.42. The molecule has 5 nitrogen and oxygen atoms in total. The van der Waals surface area contributed by atoms with Gasteiger partial charge < -0.3 is 4.90 Å². The van der Waals surface area contributed by atoms with Crippen molar-refractivity contribution >= 4 is 50.7 Å². The highest BCUT2D eigenvalue weighted by molar-refractivity contribution is 7.89. The monoisotopic (exact) mass is 370 g/mol. The smallest absolute Gasteiger partial charge is 0.244 e. The Bertz CT molecular complexity index is 671. The molecule has 0 unspecified atom stereocenters. The Kier molecular flexibility index (Phi) is 5.05. The summed E-state index contributed by atoms with van der Waals surface area (Å²) in [7, 11) is -3.76. The molecule has 116 valence electrons. The van der Waals surface area contributed by atoms with E-state index in [1.54, 1.807) is 4.90 Å². The Hall–Kier alpha value is -0.530. The highest BCUT2D eigenvalue weighted by Crippen LogP contribution is 2.33. The topological polar surface area (TPSA) is 57.7 Å². The molecule has 1 aliphatic heterocycles. The second-order valence-electron chi connectivity index (χ2n) is 4.61. The number of carbonyl (C=O) groups is 1. The van der Waals surface area contributed by atoms with Gasteiger partial charge in [0.2, 0.25) is 15.9 Å². The minimum absolute atomic E-state index is 0.0263. The minimum Gasteiger partial charge on any atom is -0.340 e. The summed E-state index contributed by atoms with van der Waals surface area (Å²) in [5.74, 6) is -0.0698. The second kappa shape index (κ2) is 6.30. The number of carbonyl (C=O) groups excluding carboxylic acids is 1. The summed E-state index contributed by atoms with van der Waals surface area (Å²) >= 11 is 17.6. The van der Waals surface area contributed by atoms with Gasteiger partial charge in [0.15, 0.2) is 0 Å². The molecule has 0 atom stereocenters. The van der Waals surface area contributed by atoms with Gasteiger partial charge in [0.1, 0.15) is 4.90 Å². The van der Waals surface area contributed by atoms with E-state index < -0.39 is 10.0 Å². The van der Waals surface area contributed by atoms with Gasteiger partial charge in [-0.15, -0.1) is 0 Å². The predicted molar refractivity (Wildman–Crippen MR) is 82.5 cm³/mol. The Morgan fingerprint density at radius 1 is 1.00 bits per heavy atom. The molecule has 2 rings (SSSR count). The molecule has 1 aromatic carbocycles. The average molecular weight is 372 g/mol. The Morgan fingerprint density at radius 2 is 1.52 bits per heavy atom. The molecule has 1 saturated heterocycles. The van der Waals surface area contributed by atoms with E-state index in [4.69, 9.17) is 34.8 Å². The van der Waals surface area contributed by atoms with E-state index in [0.717, 1.165) is 0 Å². The highest BCUT2D eigenvalue weighted by Gasteiger charge is 2.31. The normalized spacial score (nSPS) is 17.0. The van der Waals surface area contributed by atoms with Gasteiger partial charge >= 0.3 is 0 Å². The Balaban J connectivity index is 2.28. The predicted octanol–water partition coefficient (Wildman–Crippen LogP) is 2.50. The van der Waals surface area contributed by atoms with Crippen LogP contribution in [0.1, 0.15) is 6.92 Å². The van der Waals surface area contributed by atoms with Crippen LogP contribution >= 0.6 is 34.8 Å². The van der Waals surface area contributed by atoms with Crippen LogP contribution < -0.4 is 0 Å². The van der Waals surface area contributed by atoms with E-state index in [1.807, 2.05) is 0 Å². The summed E-state index contributed by atoms with van der Waals surface area (Å²) < 4.78 is 26.5. The van der Waals surface area contributed by atoms with Crippen molar-refractivity contribution in [1.82, 2.24) is 9.21 Å². The Labute approximate surface area is 138 Å². The fourth-order valence-corrected chi connectivity index (χ4v) is 4.48. The van der Waals surface area contributed by atoms with Crippen molar-refractivity contribution in [2.24, 2.45) is 0 Å². The molecule has 0 bridgehead atoms. The summed E-state index contributed by atoms with van der Waals surface area (Å²) in [5.41, 5.74) is 0. The maximum atomic E-state index is 12.6. The fraction of sp³-hybridized carbons (Fsp3) is 0.417. The Morgan fingerprint density at radius 3 is 2.05 bits per heavy atom. The van der Waals surface area contributed by atoms with Crippen LogP contribution in [0.4, 0.5) is 0 Å². The number of amides is 1. The van der Waals surface area contributed by atoms with Crippen molar-refractivity contribution in [3.8, 4) is 0 Å². The van der Waals surface area contributed by atoms with Gasteiger partial charge in [-0.1, -0.05) is 34.8 Å². The summed E-state index contributed by atoms with van der Waals surface area (Å²) in [6, 6.07) is 2.56. The lowest BCUT2D eigenvalue weighted by molar-refractivity contribution is -0.129. The summed E-state index contributed by atoms with van der Waals surface area (Å²) in [6.45, 7) is 2.61. The number of benzene rings is 1. The number of rotatable bonds is 2. The molecule has 9 heteroatoms. The van der Waals surface area contributed by atoms with E-state index >= 15 is 0 Å². The van der Waals surface area contributed by atoms with E-state index in [9.17, 15) is 13.2 Å². The van der Waals surface area contributed by atoms with Crippen LogP contribution in [-0.2, 0) is 14.8 Å². The molecule has 0 aromatic heterocycles. The van der Waals surface area contributed by atoms with Crippen LogP contribution in [0.2, 0.25) is 15.1 Å². The van der Waals surface area contributed by atoms with Gasteiger partial charge in [0.25, 0.3) is 0 Å². The largest absolute Gasteiger partial charge is 0.340 e. The lowest BCUT2D eigenvalue weighted by Gasteiger charge is -2.33. The van der Waals surface area contributed by atoms with Crippen molar-refractivity contribution in [2.45, 2.75) is 11.8 Å². The molecule has 0 saturated carbocycles. The zero-order valence-corrected chi connectivity index (χ0v) is 14.2. The highest BCUT2D eigenvalue weighted by atomic mass is 35.5. The molecule has 1 aliphatic rings. The van der Waals surface area contributed by atoms with Crippen LogP contribution in [0.15, 0.2) is 17.0 Å². The van der Waals surface area contributed by atoms with Gasteiger partial charge in [-0.25, -0.2) is 8.42 Å². The first-order chi connectivity index (χ1) is 9.73. The molecular weight excluding hydrogens is 359 g/mol. The molecule has 0 aliphatic carbocycles. The second-order valence-corrected chi connectivity index (χ2v) is 7.73. The third-order valence-electron chi connectivity index (χ3n) is 3.28. The van der Waals surface area contributed by atoms with Crippen LogP contribution in [0.5, 0.6) is 0 Å². The van der Waals surface area contributed by atoms with E-state index in [-0.39, 0.29) is 39.0 Å². The molecule has 1 heterocycles. The standard InChI is InChI=1S/C12H13Cl3N2O3S/c1-8(18)16-2-4-17(5-3-16)21(19,20)12-7-10(14)9(13)6-11(12)15/h6-7H,2-5H2,1H3. The van der Waals surface area contributed by atoms with Crippen molar-refractivity contribution < 1.29 is 13.2 Å². The zero-order chi connectivity index (χ0) is 15.8. The molecule has 1 fully saturated rings. The van der Waals surface area contributed by atoms with Gasteiger partial charge in [-0.3, -0.25) is 4.79 Å². The van der Waals surface area contributed by atoms with E-state index in [2.05, 4.69) is 0 Å². The van der Waals surface area contributed by atoms with Gasteiger partial charge in [-0.05, 0) is 12.1 Å². The van der Waals surface area contributed by atoms with Crippen molar-refractivity contribution in [3.05, 3.63) is 27.2 Å². The van der Waals surface area contributed by atoms with Gasteiger partial charge in [0, 0.05) is 33.1 Å². The van der Waals surface area contributed by atoms with Gasteiger partial charge in [0.05, 0.1) is 15.1 Å². The first-order valence-corrected chi connectivity index (χ1v) is 8.71. The van der Waals surface area contributed by atoms with E-state index in [0.29, 0.717) is 13.1 Å². The minimum atomic E-state index is -3.76. The lowest BCUT2D eigenvalue weighted by atomic mass is 10.3. The van der Waals surface area contributed by atoms with Crippen LogP contribution in [0, 0.1) is 0 Å². The number of piperazine rings is 1. The summed E-state index contributed by atoms with van der Waals surface area (Å²) in [4.78, 5) is 12.8. The van der Waals surface area contributed by atoms with Crippen LogP contribution in [0.25, 0.3) is 0 Å². The van der Waals surface area contributed by atoms with Crippen molar-refractivity contribution in [3.63, 3.8) is 0 Å². The number of hydrogen-bond acceptors (Lipinski definition) is 3. The first kappa shape index (κ1) is 16.8. The first-order valence-electron chi connectivity index (χ1n) is 6.13. The molecular formula is C12H13Cl3N2O3S. The molecule has 1 aromatic rings. The van der Waals surface area contributed by atoms with Crippen molar-refractivity contribution in [1.29, 1.82) is 0 Å². The van der Waals surface area contributed by atoms with E-state index in [1.165, 1.54) is 23.4 Å². The van der Waals surface area contributed by atoms with Crippen LogP contribution in [0.3, 0.4) is 0 Å². The lowest BCUT2D eigenvalue weighted by Crippen LogP contribution is -2.49. The molecule has 1 amide bonds. The summed E-state index contributed by atoms with van der Waals surface area (Å²) in [5, 5.41) is 0.349. The number of sulfonamides is 1. The van der Waals surface area contributed by atoms with Gasteiger partial charge in [-0.2, -0.15) is 4.31 Å². The number of hydrogen-bond donors (Lipinski definition) is 0. The number of nitrogens with zero attached hydrogens (tertiary/aromatic N) is 2. The molecule has 0 spiro atoms.